The molecule has 1 aliphatic heterocycles. The predicted molar refractivity (Wildman–Crippen MR) is 109 cm³/mol. The van der Waals surface area contributed by atoms with Gasteiger partial charge in [-0.2, -0.15) is 4.31 Å². The second kappa shape index (κ2) is 9.65. The molecule has 8 heteroatoms. The van der Waals surface area contributed by atoms with Crippen LogP contribution in [0.15, 0.2) is 4.90 Å². The summed E-state index contributed by atoms with van der Waals surface area (Å²) in [5.41, 5.74) is 4.88. The van der Waals surface area contributed by atoms with Gasteiger partial charge in [0.2, 0.25) is 10.0 Å². The molecule has 1 aromatic carbocycles. The summed E-state index contributed by atoms with van der Waals surface area (Å²) in [5.74, 6) is 0. The zero-order valence-electron chi connectivity index (χ0n) is 17.7. The van der Waals surface area contributed by atoms with Gasteiger partial charge in [-0.15, -0.1) is 0 Å². The monoisotopic (exact) mass is 414 g/mol. The molecule has 7 nitrogen and oxygen atoms in total. The minimum atomic E-state index is -3.56. The maximum Gasteiger partial charge on any atom is 0.243 e. The van der Waals surface area contributed by atoms with Gasteiger partial charge in [0.05, 0.1) is 30.8 Å². The SMILES string of the molecule is Cc1c(C)c(C)c(S(=O)(=O)N2CCN(CC(O)COCCO)CC2)c(C)c1C. The first kappa shape index (κ1) is 23.3. The molecule has 2 rings (SSSR count). The summed E-state index contributed by atoms with van der Waals surface area (Å²) in [4.78, 5) is 2.49. The summed E-state index contributed by atoms with van der Waals surface area (Å²) >= 11 is 0. The number of benzene rings is 1. The van der Waals surface area contributed by atoms with E-state index in [2.05, 4.69) is 0 Å². The van der Waals surface area contributed by atoms with Crippen molar-refractivity contribution in [3.63, 3.8) is 0 Å². The van der Waals surface area contributed by atoms with Crippen molar-refractivity contribution >= 4 is 10.0 Å². The molecule has 2 N–H and O–H groups in total. The Morgan fingerprint density at radius 2 is 1.43 bits per heavy atom. The van der Waals surface area contributed by atoms with E-state index in [-0.39, 0.29) is 19.8 Å². The molecule has 0 amide bonds. The zero-order valence-corrected chi connectivity index (χ0v) is 18.5. The van der Waals surface area contributed by atoms with Gasteiger partial charge >= 0.3 is 0 Å². The van der Waals surface area contributed by atoms with E-state index in [4.69, 9.17) is 9.84 Å². The zero-order chi connectivity index (χ0) is 21.1. The molecule has 0 bridgehead atoms. The van der Waals surface area contributed by atoms with Crippen LogP contribution in [0.2, 0.25) is 0 Å². The fourth-order valence-corrected chi connectivity index (χ4v) is 5.75. The van der Waals surface area contributed by atoms with E-state index in [0.717, 1.165) is 27.8 Å². The van der Waals surface area contributed by atoms with Crippen molar-refractivity contribution in [3.05, 3.63) is 27.8 Å². The number of aliphatic hydroxyl groups is 2. The third-order valence-corrected chi connectivity index (χ3v) is 8.05. The van der Waals surface area contributed by atoms with E-state index in [0.29, 0.717) is 37.6 Å². The van der Waals surface area contributed by atoms with Crippen LogP contribution < -0.4 is 0 Å². The second-order valence-corrected chi connectivity index (χ2v) is 9.49. The number of sulfonamides is 1. The second-order valence-electron chi connectivity index (χ2n) is 7.61. The standard InChI is InChI=1S/C20H34N2O5S/c1-14-15(2)17(4)20(18(5)16(14)3)28(25,26)22-8-6-21(7-9-22)12-19(24)13-27-11-10-23/h19,23-24H,6-13H2,1-5H3. The average molecular weight is 415 g/mol. The van der Waals surface area contributed by atoms with Gasteiger partial charge in [0, 0.05) is 32.7 Å². The van der Waals surface area contributed by atoms with E-state index in [1.807, 2.05) is 39.5 Å². The normalized spacial score (nSPS) is 17.8. The molecule has 1 atom stereocenters. The van der Waals surface area contributed by atoms with Crippen LogP contribution in [0.4, 0.5) is 0 Å². The van der Waals surface area contributed by atoms with Crippen molar-refractivity contribution in [3.8, 4) is 0 Å². The number of β-amino-alcohol motifs (C(OH)–C–C–N with tert-alkyl or cyclic N) is 1. The Hall–Kier alpha value is -1.03. The van der Waals surface area contributed by atoms with Crippen LogP contribution in [-0.2, 0) is 14.8 Å². The van der Waals surface area contributed by atoms with Crippen molar-refractivity contribution in [2.45, 2.75) is 45.6 Å². The van der Waals surface area contributed by atoms with Crippen molar-refractivity contribution in [2.75, 3.05) is 52.5 Å². The molecule has 0 aliphatic carbocycles. The van der Waals surface area contributed by atoms with Crippen LogP contribution >= 0.6 is 0 Å². The molecule has 1 unspecified atom stereocenters. The number of piperazine rings is 1. The quantitative estimate of drug-likeness (QED) is 0.615. The molecular weight excluding hydrogens is 380 g/mol. The summed E-state index contributed by atoms with van der Waals surface area (Å²) in [6.45, 7) is 12.4. The molecule has 1 aromatic rings. The van der Waals surface area contributed by atoms with Crippen LogP contribution in [0.1, 0.15) is 27.8 Å². The van der Waals surface area contributed by atoms with E-state index >= 15 is 0 Å². The minimum absolute atomic E-state index is 0.0694. The Morgan fingerprint density at radius 1 is 0.929 bits per heavy atom. The lowest BCUT2D eigenvalue weighted by Crippen LogP contribution is -2.51. The van der Waals surface area contributed by atoms with Gasteiger partial charge < -0.3 is 14.9 Å². The molecule has 0 saturated carbocycles. The summed E-state index contributed by atoms with van der Waals surface area (Å²) < 4.78 is 33.4. The molecule has 1 aliphatic rings. The predicted octanol–water partition coefficient (Wildman–Crippen LogP) is 0.905. The van der Waals surface area contributed by atoms with Gasteiger partial charge in [0.1, 0.15) is 0 Å². The molecule has 0 radical (unpaired) electrons. The molecule has 1 fully saturated rings. The fraction of sp³-hybridized carbons (Fsp3) is 0.700. The van der Waals surface area contributed by atoms with Gasteiger partial charge in [0.15, 0.2) is 0 Å². The summed E-state index contributed by atoms with van der Waals surface area (Å²) in [6, 6.07) is 0. The number of rotatable bonds is 8. The molecular formula is C20H34N2O5S. The van der Waals surface area contributed by atoms with Crippen molar-refractivity contribution in [2.24, 2.45) is 0 Å². The smallest absolute Gasteiger partial charge is 0.243 e. The third-order valence-electron chi connectivity index (χ3n) is 5.88. The van der Waals surface area contributed by atoms with Crippen LogP contribution in [0.3, 0.4) is 0 Å². The van der Waals surface area contributed by atoms with E-state index < -0.39 is 16.1 Å². The maximum absolute atomic E-state index is 13.4. The minimum Gasteiger partial charge on any atom is -0.394 e. The van der Waals surface area contributed by atoms with Crippen LogP contribution in [0.5, 0.6) is 0 Å². The van der Waals surface area contributed by atoms with Crippen LogP contribution in [-0.4, -0.2) is 86.5 Å². The van der Waals surface area contributed by atoms with Gasteiger partial charge in [-0.05, 0) is 62.4 Å². The molecule has 0 spiro atoms. The highest BCUT2D eigenvalue weighted by Crippen LogP contribution is 2.31. The molecule has 1 saturated heterocycles. The third kappa shape index (κ3) is 4.93. The summed E-state index contributed by atoms with van der Waals surface area (Å²) in [6.07, 6.45) is -0.651. The highest BCUT2D eigenvalue weighted by atomic mass is 32.2. The molecule has 28 heavy (non-hydrogen) atoms. The van der Waals surface area contributed by atoms with Crippen LogP contribution in [0, 0.1) is 34.6 Å². The van der Waals surface area contributed by atoms with Gasteiger partial charge in [-0.25, -0.2) is 8.42 Å². The first-order valence-electron chi connectivity index (χ1n) is 9.77. The van der Waals surface area contributed by atoms with E-state index in [1.54, 1.807) is 4.31 Å². The number of hydrogen-bond donors (Lipinski definition) is 2. The molecule has 1 heterocycles. The lowest BCUT2D eigenvalue weighted by molar-refractivity contribution is 0.00145. The van der Waals surface area contributed by atoms with Crippen molar-refractivity contribution in [1.29, 1.82) is 0 Å². The lowest BCUT2D eigenvalue weighted by atomic mass is 9.95. The molecule has 0 aromatic heterocycles. The fourth-order valence-electron chi connectivity index (χ4n) is 3.77. The van der Waals surface area contributed by atoms with Crippen molar-refractivity contribution < 1.29 is 23.4 Å². The Labute approximate surface area is 169 Å². The van der Waals surface area contributed by atoms with Gasteiger partial charge in [0.25, 0.3) is 0 Å². The van der Waals surface area contributed by atoms with Gasteiger partial charge in [-0.1, -0.05) is 0 Å². The topological polar surface area (TPSA) is 90.3 Å². The van der Waals surface area contributed by atoms with Crippen LogP contribution in [0.25, 0.3) is 0 Å². The van der Waals surface area contributed by atoms with Crippen molar-refractivity contribution in [1.82, 2.24) is 9.21 Å². The van der Waals surface area contributed by atoms with E-state index in [1.165, 1.54) is 0 Å². The first-order valence-corrected chi connectivity index (χ1v) is 11.2. The number of hydrogen-bond acceptors (Lipinski definition) is 6. The Balaban J connectivity index is 2.08. The Kier molecular flexibility index (Phi) is 8.01. The lowest BCUT2D eigenvalue weighted by Gasteiger charge is -2.35. The number of nitrogens with zero attached hydrogens (tertiary/aromatic N) is 2. The first-order chi connectivity index (χ1) is 13.1. The Morgan fingerprint density at radius 3 is 1.93 bits per heavy atom. The average Bonchev–Trinajstić information content (AvgIpc) is 2.65. The van der Waals surface area contributed by atoms with E-state index in [9.17, 15) is 13.5 Å². The summed E-state index contributed by atoms with van der Waals surface area (Å²) in [7, 11) is -3.56. The molecule has 160 valence electrons. The maximum atomic E-state index is 13.4. The Bertz CT molecular complexity index is 757. The highest BCUT2D eigenvalue weighted by molar-refractivity contribution is 7.89. The largest absolute Gasteiger partial charge is 0.394 e. The highest BCUT2D eigenvalue weighted by Gasteiger charge is 2.32. The number of ether oxygens (including phenoxy) is 1. The number of aliphatic hydroxyl groups excluding tert-OH is 2. The summed E-state index contributed by atoms with van der Waals surface area (Å²) in [5, 5.41) is 18.7. The van der Waals surface area contributed by atoms with Gasteiger partial charge in [-0.3, -0.25) is 4.90 Å².